The second-order valence-corrected chi connectivity index (χ2v) is 6.46. The van der Waals surface area contributed by atoms with E-state index in [1.807, 2.05) is 25.1 Å². The van der Waals surface area contributed by atoms with Gasteiger partial charge in [-0.05, 0) is 31.9 Å². The van der Waals surface area contributed by atoms with Crippen LogP contribution in [0.3, 0.4) is 0 Å². The van der Waals surface area contributed by atoms with Gasteiger partial charge in [-0.15, -0.1) is 0 Å². The summed E-state index contributed by atoms with van der Waals surface area (Å²) < 4.78 is 10.8. The molecular weight excluding hydrogens is 328 g/mol. The largest absolute Gasteiger partial charge is 0.469 e. The Kier molecular flexibility index (Phi) is 7.99. The topological polar surface area (TPSA) is 75.6 Å². The highest BCUT2D eigenvalue weighted by atomic mass is 16.5. The predicted molar refractivity (Wildman–Crippen MR) is 104 cm³/mol. The standard InChI is InChI=1S/C20H30N4O2/c1-5-16(6-2)19-12-18(26-24-19)14-23-20(22-13-15(3)4)21-10-9-17-8-7-11-25-17/h7-8,11-12,16H,3,5-6,9-10,13-14H2,1-2,4H3,(H2,21,22,23). The molecule has 6 heteroatoms. The molecule has 0 saturated heterocycles. The third kappa shape index (κ3) is 6.43. The van der Waals surface area contributed by atoms with Crippen LogP contribution >= 0.6 is 0 Å². The van der Waals surface area contributed by atoms with Gasteiger partial charge in [-0.1, -0.05) is 31.2 Å². The molecule has 2 heterocycles. The molecule has 6 nitrogen and oxygen atoms in total. The lowest BCUT2D eigenvalue weighted by atomic mass is 9.99. The first-order valence-electron chi connectivity index (χ1n) is 9.26. The fraction of sp³-hybridized carbons (Fsp3) is 0.500. The lowest BCUT2D eigenvalue weighted by Crippen LogP contribution is -2.39. The van der Waals surface area contributed by atoms with E-state index in [0.29, 0.717) is 19.0 Å². The molecule has 0 radical (unpaired) electrons. The number of aliphatic imine (C=N–C) groups is 1. The van der Waals surface area contributed by atoms with Crippen molar-refractivity contribution in [3.8, 4) is 0 Å². The van der Waals surface area contributed by atoms with E-state index in [2.05, 4.69) is 41.2 Å². The molecule has 0 saturated carbocycles. The van der Waals surface area contributed by atoms with E-state index in [-0.39, 0.29) is 0 Å². The van der Waals surface area contributed by atoms with E-state index < -0.39 is 0 Å². The van der Waals surface area contributed by atoms with Crippen LogP contribution < -0.4 is 10.6 Å². The van der Waals surface area contributed by atoms with Crippen LogP contribution in [-0.4, -0.2) is 24.2 Å². The van der Waals surface area contributed by atoms with Crippen molar-refractivity contribution < 1.29 is 8.94 Å². The minimum Gasteiger partial charge on any atom is -0.469 e. The van der Waals surface area contributed by atoms with Crippen LogP contribution in [0.2, 0.25) is 0 Å². The highest BCUT2D eigenvalue weighted by Crippen LogP contribution is 2.22. The van der Waals surface area contributed by atoms with Crippen molar-refractivity contribution in [3.63, 3.8) is 0 Å². The average Bonchev–Trinajstić information content (AvgIpc) is 3.30. The molecule has 2 rings (SSSR count). The van der Waals surface area contributed by atoms with Crippen molar-refractivity contribution in [2.24, 2.45) is 4.99 Å². The summed E-state index contributed by atoms with van der Waals surface area (Å²) in [6.45, 7) is 12.1. The Morgan fingerprint density at radius 3 is 2.73 bits per heavy atom. The van der Waals surface area contributed by atoms with Gasteiger partial charge in [0.05, 0.1) is 12.0 Å². The first kappa shape index (κ1) is 19.8. The lowest BCUT2D eigenvalue weighted by molar-refractivity contribution is 0.372. The smallest absolute Gasteiger partial charge is 0.191 e. The molecule has 0 unspecified atom stereocenters. The van der Waals surface area contributed by atoms with E-state index in [1.54, 1.807) is 6.26 Å². The quantitative estimate of drug-likeness (QED) is 0.381. The van der Waals surface area contributed by atoms with Crippen LogP contribution in [0.4, 0.5) is 0 Å². The Hall–Kier alpha value is -2.50. The van der Waals surface area contributed by atoms with E-state index in [4.69, 9.17) is 8.94 Å². The molecule has 0 aliphatic carbocycles. The van der Waals surface area contributed by atoms with E-state index in [9.17, 15) is 0 Å². The van der Waals surface area contributed by atoms with Crippen LogP contribution in [0.15, 0.2) is 50.5 Å². The molecule has 0 aliphatic heterocycles. The second-order valence-electron chi connectivity index (χ2n) is 6.46. The molecule has 0 amide bonds. The van der Waals surface area contributed by atoms with Crippen LogP contribution in [-0.2, 0) is 13.0 Å². The highest BCUT2D eigenvalue weighted by molar-refractivity contribution is 5.80. The van der Waals surface area contributed by atoms with Crippen molar-refractivity contribution in [1.82, 2.24) is 15.8 Å². The van der Waals surface area contributed by atoms with Gasteiger partial charge in [0.2, 0.25) is 0 Å². The zero-order valence-electron chi connectivity index (χ0n) is 16.0. The lowest BCUT2D eigenvalue weighted by Gasteiger charge is -2.11. The highest BCUT2D eigenvalue weighted by Gasteiger charge is 2.12. The van der Waals surface area contributed by atoms with Gasteiger partial charge >= 0.3 is 0 Å². The van der Waals surface area contributed by atoms with Gasteiger partial charge in [0.15, 0.2) is 11.7 Å². The molecular formula is C20H30N4O2. The molecule has 0 atom stereocenters. The summed E-state index contributed by atoms with van der Waals surface area (Å²) in [4.78, 5) is 4.60. The Morgan fingerprint density at radius 2 is 2.08 bits per heavy atom. The summed E-state index contributed by atoms with van der Waals surface area (Å²) in [5, 5.41) is 10.8. The van der Waals surface area contributed by atoms with Gasteiger partial charge in [0.1, 0.15) is 12.3 Å². The SMILES string of the molecule is C=C(C)CNC(=NCc1cc(C(CC)CC)no1)NCCc1ccco1. The zero-order chi connectivity index (χ0) is 18.8. The number of rotatable bonds is 10. The first-order chi connectivity index (χ1) is 12.6. The van der Waals surface area contributed by atoms with Crippen molar-refractivity contribution in [2.45, 2.75) is 52.5 Å². The van der Waals surface area contributed by atoms with Crippen molar-refractivity contribution in [3.05, 3.63) is 53.8 Å². The van der Waals surface area contributed by atoms with Gasteiger partial charge in [0.25, 0.3) is 0 Å². The molecule has 0 spiro atoms. The molecule has 26 heavy (non-hydrogen) atoms. The van der Waals surface area contributed by atoms with Gasteiger partial charge in [0, 0.05) is 31.5 Å². The number of guanidine groups is 1. The fourth-order valence-corrected chi connectivity index (χ4v) is 2.63. The number of hydrogen-bond acceptors (Lipinski definition) is 4. The number of hydrogen-bond donors (Lipinski definition) is 2. The van der Waals surface area contributed by atoms with Crippen LogP contribution in [0.5, 0.6) is 0 Å². The molecule has 0 aromatic carbocycles. The van der Waals surface area contributed by atoms with Gasteiger partial charge in [-0.25, -0.2) is 4.99 Å². The Bertz CT molecular complexity index is 684. The maximum absolute atomic E-state index is 5.44. The average molecular weight is 358 g/mol. The summed E-state index contributed by atoms with van der Waals surface area (Å²) >= 11 is 0. The number of nitrogens with zero attached hydrogens (tertiary/aromatic N) is 2. The maximum atomic E-state index is 5.44. The van der Waals surface area contributed by atoms with Crippen molar-refractivity contribution in [1.29, 1.82) is 0 Å². The van der Waals surface area contributed by atoms with Crippen LogP contribution in [0.1, 0.15) is 56.7 Å². The number of aromatic nitrogens is 1. The maximum Gasteiger partial charge on any atom is 0.191 e. The minimum absolute atomic E-state index is 0.444. The third-order valence-corrected chi connectivity index (χ3v) is 4.18. The summed E-state index contributed by atoms with van der Waals surface area (Å²) in [5.74, 6) is 2.89. The zero-order valence-corrected chi connectivity index (χ0v) is 16.0. The molecule has 0 aliphatic rings. The second kappa shape index (κ2) is 10.5. The molecule has 142 valence electrons. The summed E-state index contributed by atoms with van der Waals surface area (Å²) in [5.41, 5.74) is 2.06. The van der Waals surface area contributed by atoms with Crippen molar-refractivity contribution >= 4 is 5.96 Å². The Labute approximate surface area is 155 Å². The molecule has 2 N–H and O–H groups in total. The molecule has 2 aromatic heterocycles. The molecule has 0 fully saturated rings. The van der Waals surface area contributed by atoms with Gasteiger partial charge in [-0.2, -0.15) is 0 Å². The normalized spacial score (nSPS) is 11.8. The van der Waals surface area contributed by atoms with E-state index in [0.717, 1.165) is 54.6 Å². The summed E-state index contributed by atoms with van der Waals surface area (Å²) in [6, 6.07) is 5.87. The Morgan fingerprint density at radius 1 is 1.27 bits per heavy atom. The fourth-order valence-electron chi connectivity index (χ4n) is 2.63. The first-order valence-corrected chi connectivity index (χ1v) is 9.26. The predicted octanol–water partition coefficient (Wildman–Crippen LogP) is 4.03. The minimum atomic E-state index is 0.444. The van der Waals surface area contributed by atoms with Crippen molar-refractivity contribution in [2.75, 3.05) is 13.1 Å². The van der Waals surface area contributed by atoms with Crippen LogP contribution in [0, 0.1) is 0 Å². The monoisotopic (exact) mass is 358 g/mol. The summed E-state index contributed by atoms with van der Waals surface area (Å²) in [7, 11) is 0. The summed E-state index contributed by atoms with van der Waals surface area (Å²) in [6.07, 6.45) is 4.60. The Balaban J connectivity index is 1.93. The molecule has 0 bridgehead atoms. The third-order valence-electron chi connectivity index (χ3n) is 4.18. The van der Waals surface area contributed by atoms with Crippen LogP contribution in [0.25, 0.3) is 0 Å². The number of furan rings is 1. The molecule has 2 aromatic rings. The van der Waals surface area contributed by atoms with E-state index >= 15 is 0 Å². The van der Waals surface area contributed by atoms with Gasteiger partial charge < -0.3 is 19.6 Å². The van der Waals surface area contributed by atoms with E-state index in [1.165, 1.54) is 0 Å². The van der Waals surface area contributed by atoms with Gasteiger partial charge in [-0.3, -0.25) is 0 Å². The number of nitrogens with one attached hydrogen (secondary N) is 2.